The largest absolute Gasteiger partial charge is 0.403 e. The van der Waals surface area contributed by atoms with Gasteiger partial charge in [-0.3, -0.25) is 4.79 Å². The Morgan fingerprint density at radius 3 is 2.61 bits per heavy atom. The molecular weight excluding hydrogens is 300 g/mol. The van der Waals surface area contributed by atoms with E-state index in [-0.39, 0.29) is 49.8 Å². The third kappa shape index (κ3) is 2.95. The second-order valence-corrected chi connectivity index (χ2v) is 6.36. The average molecular weight is 321 g/mol. The minimum Gasteiger partial charge on any atom is -0.403 e. The Kier molecular flexibility index (Phi) is 4.10. The standard InChI is InChI=1S/C17H21F2N3O/c18-17(19)7-5-11(6-8-17)16(23)9-14-12-3-1-2-4-13(12)15(10-20)22(14)21/h1-4,10-11,14H,5-9,20-21H2/b15-10-. The van der Waals surface area contributed by atoms with Crippen molar-refractivity contribution in [3.05, 3.63) is 41.6 Å². The number of carbonyl (C=O) groups excluding carboxylic acids is 1. The summed E-state index contributed by atoms with van der Waals surface area (Å²) < 4.78 is 26.5. The van der Waals surface area contributed by atoms with Crippen LogP contribution in [0.3, 0.4) is 0 Å². The molecule has 1 aliphatic carbocycles. The molecule has 124 valence electrons. The lowest BCUT2D eigenvalue weighted by Crippen LogP contribution is -2.33. The maximum atomic E-state index is 13.2. The molecule has 1 atom stereocenters. The molecule has 4 nitrogen and oxygen atoms in total. The zero-order chi connectivity index (χ0) is 16.6. The lowest BCUT2D eigenvalue weighted by molar-refractivity contribution is -0.128. The van der Waals surface area contributed by atoms with E-state index in [4.69, 9.17) is 11.6 Å². The first kappa shape index (κ1) is 15.9. The highest BCUT2D eigenvalue weighted by atomic mass is 19.3. The van der Waals surface area contributed by atoms with E-state index in [1.165, 1.54) is 11.2 Å². The van der Waals surface area contributed by atoms with Crippen LogP contribution >= 0.6 is 0 Å². The molecule has 1 saturated carbocycles. The van der Waals surface area contributed by atoms with E-state index in [1.807, 2.05) is 24.3 Å². The maximum Gasteiger partial charge on any atom is 0.248 e. The van der Waals surface area contributed by atoms with E-state index in [1.54, 1.807) is 0 Å². The van der Waals surface area contributed by atoms with Crippen molar-refractivity contribution < 1.29 is 13.6 Å². The monoisotopic (exact) mass is 321 g/mol. The van der Waals surface area contributed by atoms with Gasteiger partial charge in [-0.1, -0.05) is 24.3 Å². The van der Waals surface area contributed by atoms with Gasteiger partial charge >= 0.3 is 0 Å². The number of ketones is 1. The summed E-state index contributed by atoms with van der Waals surface area (Å²) in [5.41, 5.74) is 8.22. The van der Waals surface area contributed by atoms with Crippen LogP contribution in [0.2, 0.25) is 0 Å². The van der Waals surface area contributed by atoms with Gasteiger partial charge in [0, 0.05) is 36.9 Å². The molecule has 4 N–H and O–H groups in total. The van der Waals surface area contributed by atoms with Crippen LogP contribution in [0.15, 0.2) is 30.5 Å². The van der Waals surface area contributed by atoms with Crippen molar-refractivity contribution in [2.75, 3.05) is 0 Å². The topological polar surface area (TPSA) is 72.4 Å². The first-order valence-corrected chi connectivity index (χ1v) is 7.88. The quantitative estimate of drug-likeness (QED) is 0.840. The molecule has 1 unspecified atom stereocenters. The molecule has 0 bridgehead atoms. The number of nitrogens with two attached hydrogens (primary N) is 2. The van der Waals surface area contributed by atoms with Gasteiger partial charge in [-0.15, -0.1) is 0 Å². The summed E-state index contributed by atoms with van der Waals surface area (Å²) >= 11 is 0. The highest BCUT2D eigenvalue weighted by Crippen LogP contribution is 2.42. The number of nitrogens with zero attached hydrogens (tertiary/aromatic N) is 1. The Hall–Kier alpha value is -1.95. The van der Waals surface area contributed by atoms with Crippen LogP contribution in [-0.2, 0) is 4.79 Å². The summed E-state index contributed by atoms with van der Waals surface area (Å²) in [7, 11) is 0. The zero-order valence-electron chi connectivity index (χ0n) is 12.8. The molecule has 1 heterocycles. The van der Waals surface area contributed by atoms with Crippen molar-refractivity contribution in [3.8, 4) is 0 Å². The van der Waals surface area contributed by atoms with Crippen molar-refractivity contribution in [2.24, 2.45) is 17.5 Å². The van der Waals surface area contributed by atoms with Crippen molar-refractivity contribution in [1.29, 1.82) is 0 Å². The van der Waals surface area contributed by atoms with Gasteiger partial charge < -0.3 is 10.7 Å². The van der Waals surface area contributed by atoms with Gasteiger partial charge in [0.05, 0.1) is 11.7 Å². The first-order chi connectivity index (χ1) is 10.9. The lowest BCUT2D eigenvalue weighted by atomic mass is 9.82. The van der Waals surface area contributed by atoms with Crippen LogP contribution in [0.4, 0.5) is 8.78 Å². The van der Waals surface area contributed by atoms with Crippen LogP contribution in [0, 0.1) is 5.92 Å². The molecule has 6 heteroatoms. The molecule has 0 aromatic heterocycles. The highest BCUT2D eigenvalue weighted by molar-refractivity contribution is 5.83. The fourth-order valence-corrected chi connectivity index (χ4v) is 3.58. The van der Waals surface area contributed by atoms with Gasteiger partial charge in [-0.2, -0.15) is 0 Å². The number of fused-ring (bicyclic) bond motifs is 1. The van der Waals surface area contributed by atoms with Gasteiger partial charge in [-0.05, 0) is 18.4 Å². The zero-order valence-corrected chi connectivity index (χ0v) is 12.8. The Labute approximate surface area is 134 Å². The van der Waals surface area contributed by atoms with Gasteiger partial charge in [0.15, 0.2) is 0 Å². The average Bonchev–Trinajstić information content (AvgIpc) is 2.79. The molecule has 3 rings (SSSR count). The third-order valence-electron chi connectivity index (χ3n) is 4.93. The number of hydrogen-bond donors (Lipinski definition) is 2. The Morgan fingerprint density at radius 1 is 1.30 bits per heavy atom. The molecule has 2 aliphatic rings. The molecule has 0 saturated heterocycles. The molecule has 0 radical (unpaired) electrons. The Balaban J connectivity index is 1.74. The van der Waals surface area contributed by atoms with Crippen LogP contribution in [0.1, 0.15) is 49.3 Å². The van der Waals surface area contributed by atoms with Gasteiger partial charge in [0.1, 0.15) is 5.78 Å². The fourth-order valence-electron chi connectivity index (χ4n) is 3.58. The predicted octanol–water partition coefficient (Wildman–Crippen LogP) is 2.96. The molecule has 0 amide bonds. The summed E-state index contributed by atoms with van der Waals surface area (Å²) in [6.07, 6.45) is 1.76. The number of hydrazine groups is 1. The van der Waals surface area contributed by atoms with E-state index in [2.05, 4.69) is 0 Å². The van der Waals surface area contributed by atoms with Crippen LogP contribution in [0.25, 0.3) is 5.70 Å². The fraction of sp³-hybridized carbons (Fsp3) is 0.471. The SMILES string of the molecule is N/C=C1/c2ccccc2C(CC(=O)C2CCC(F)(F)CC2)N1N. The molecule has 0 spiro atoms. The number of halogens is 2. The summed E-state index contributed by atoms with van der Waals surface area (Å²) in [4.78, 5) is 12.5. The van der Waals surface area contributed by atoms with Crippen molar-refractivity contribution >= 4 is 11.5 Å². The number of carbonyl (C=O) groups is 1. The van der Waals surface area contributed by atoms with Gasteiger partial charge in [0.25, 0.3) is 0 Å². The third-order valence-corrected chi connectivity index (χ3v) is 4.93. The maximum absolute atomic E-state index is 13.2. The van der Waals surface area contributed by atoms with E-state index in [0.29, 0.717) is 5.70 Å². The Bertz CT molecular complexity index is 634. The van der Waals surface area contributed by atoms with E-state index in [0.717, 1.165) is 11.1 Å². The summed E-state index contributed by atoms with van der Waals surface area (Å²) in [6, 6.07) is 7.35. The molecule has 23 heavy (non-hydrogen) atoms. The number of rotatable bonds is 3. The number of alkyl halides is 2. The van der Waals surface area contributed by atoms with Crippen LogP contribution in [0.5, 0.6) is 0 Å². The lowest BCUT2D eigenvalue weighted by Gasteiger charge is -2.29. The second kappa shape index (κ2) is 5.92. The smallest absolute Gasteiger partial charge is 0.248 e. The second-order valence-electron chi connectivity index (χ2n) is 6.36. The van der Waals surface area contributed by atoms with Gasteiger partial charge in [-0.25, -0.2) is 14.6 Å². The predicted molar refractivity (Wildman–Crippen MR) is 83.9 cm³/mol. The van der Waals surface area contributed by atoms with E-state index < -0.39 is 5.92 Å². The summed E-state index contributed by atoms with van der Waals surface area (Å²) in [6.45, 7) is 0. The minimum atomic E-state index is -2.62. The molecular formula is C17H21F2N3O. The summed E-state index contributed by atoms with van der Waals surface area (Å²) in [5.74, 6) is 3.22. The molecule has 1 aromatic carbocycles. The first-order valence-electron chi connectivity index (χ1n) is 7.88. The number of Topliss-reactive ketones (excluding diaryl/α,β-unsaturated/α-hetero) is 1. The highest BCUT2D eigenvalue weighted by Gasteiger charge is 2.39. The van der Waals surface area contributed by atoms with Crippen molar-refractivity contribution in [3.63, 3.8) is 0 Å². The van der Waals surface area contributed by atoms with Crippen molar-refractivity contribution in [2.45, 2.75) is 44.1 Å². The Morgan fingerprint density at radius 2 is 1.96 bits per heavy atom. The van der Waals surface area contributed by atoms with Crippen LogP contribution < -0.4 is 11.6 Å². The molecule has 1 aliphatic heterocycles. The number of hydrogen-bond acceptors (Lipinski definition) is 4. The van der Waals surface area contributed by atoms with Crippen molar-refractivity contribution in [1.82, 2.24) is 5.01 Å². The van der Waals surface area contributed by atoms with Gasteiger partial charge in [0.2, 0.25) is 5.92 Å². The molecule has 1 fully saturated rings. The number of benzene rings is 1. The van der Waals surface area contributed by atoms with Crippen LogP contribution in [-0.4, -0.2) is 16.7 Å². The minimum absolute atomic E-state index is 0.00836. The normalized spacial score (nSPS) is 25.6. The molecule has 1 aromatic rings. The van der Waals surface area contributed by atoms with E-state index in [9.17, 15) is 13.6 Å². The van der Waals surface area contributed by atoms with E-state index >= 15 is 0 Å². The summed E-state index contributed by atoms with van der Waals surface area (Å²) in [5, 5.41) is 1.51.